The second-order valence-corrected chi connectivity index (χ2v) is 6.51. The molecule has 0 spiro atoms. The quantitative estimate of drug-likeness (QED) is 0.787. The van der Waals surface area contributed by atoms with Crippen LogP contribution < -0.4 is 11.1 Å². The number of nitrogens with two attached hydrogens (primary N) is 1. The van der Waals surface area contributed by atoms with Gasteiger partial charge in [-0.05, 0) is 43.5 Å². The molecule has 3 N–H and O–H groups in total. The summed E-state index contributed by atoms with van der Waals surface area (Å²) in [5.41, 5.74) is 7.88. The van der Waals surface area contributed by atoms with Crippen LogP contribution in [0.3, 0.4) is 0 Å². The maximum Gasteiger partial charge on any atom is 0.253 e. The third-order valence-corrected chi connectivity index (χ3v) is 4.63. The Morgan fingerprint density at radius 3 is 2.85 bits per heavy atom. The van der Waals surface area contributed by atoms with E-state index in [-0.39, 0.29) is 30.1 Å². The minimum Gasteiger partial charge on any atom is -0.355 e. The topological polar surface area (TPSA) is 106 Å². The van der Waals surface area contributed by atoms with Gasteiger partial charge in [0.25, 0.3) is 5.91 Å². The van der Waals surface area contributed by atoms with Crippen LogP contribution in [-0.2, 0) is 4.79 Å². The van der Waals surface area contributed by atoms with E-state index in [0.717, 1.165) is 24.1 Å². The Morgan fingerprint density at radius 2 is 2.19 bits per heavy atom. The molecule has 1 aliphatic rings. The van der Waals surface area contributed by atoms with Gasteiger partial charge in [-0.15, -0.1) is 12.4 Å². The Morgan fingerprint density at radius 1 is 1.37 bits per heavy atom. The van der Waals surface area contributed by atoms with Gasteiger partial charge in [0.15, 0.2) is 0 Å². The number of halogens is 1. The summed E-state index contributed by atoms with van der Waals surface area (Å²) in [7, 11) is 0. The van der Waals surface area contributed by atoms with E-state index in [1.165, 1.54) is 6.33 Å². The average Bonchev–Trinajstić information content (AvgIpc) is 3.20. The highest BCUT2D eigenvalue weighted by molar-refractivity contribution is 5.95. The van der Waals surface area contributed by atoms with Crippen molar-refractivity contribution in [2.75, 3.05) is 26.2 Å². The fourth-order valence-electron chi connectivity index (χ4n) is 3.28. The largest absolute Gasteiger partial charge is 0.355 e. The molecule has 0 saturated carbocycles. The van der Waals surface area contributed by atoms with E-state index in [9.17, 15) is 9.59 Å². The molecule has 3 rings (SSSR count). The highest BCUT2D eigenvalue weighted by Gasteiger charge is 2.28. The second-order valence-electron chi connectivity index (χ2n) is 6.51. The molecule has 2 amide bonds. The third kappa shape index (κ3) is 4.84. The summed E-state index contributed by atoms with van der Waals surface area (Å²) in [5.74, 6) is -0.241. The van der Waals surface area contributed by atoms with Crippen LogP contribution in [0.4, 0.5) is 0 Å². The monoisotopic (exact) mass is 392 g/mol. The molecule has 0 bridgehead atoms. The van der Waals surface area contributed by atoms with Gasteiger partial charge in [-0.1, -0.05) is 0 Å². The predicted molar refractivity (Wildman–Crippen MR) is 104 cm³/mol. The molecule has 9 heteroatoms. The van der Waals surface area contributed by atoms with Gasteiger partial charge in [0, 0.05) is 31.7 Å². The van der Waals surface area contributed by atoms with Crippen LogP contribution in [0, 0.1) is 12.8 Å². The smallest absolute Gasteiger partial charge is 0.253 e. The summed E-state index contributed by atoms with van der Waals surface area (Å²) in [4.78, 5) is 30.8. The van der Waals surface area contributed by atoms with Gasteiger partial charge in [0.2, 0.25) is 5.91 Å². The van der Waals surface area contributed by atoms with Crippen LogP contribution in [0.15, 0.2) is 30.9 Å². The van der Waals surface area contributed by atoms with Crippen molar-refractivity contribution in [2.24, 2.45) is 11.7 Å². The zero-order valence-corrected chi connectivity index (χ0v) is 16.1. The third-order valence-electron chi connectivity index (χ3n) is 4.63. The number of piperidine rings is 1. The summed E-state index contributed by atoms with van der Waals surface area (Å²) in [6.45, 7) is 3.93. The van der Waals surface area contributed by atoms with Crippen molar-refractivity contribution in [2.45, 2.75) is 19.8 Å². The summed E-state index contributed by atoms with van der Waals surface area (Å²) in [6.07, 6.45) is 4.72. The summed E-state index contributed by atoms with van der Waals surface area (Å²) >= 11 is 0. The van der Waals surface area contributed by atoms with Crippen molar-refractivity contribution in [3.05, 3.63) is 42.0 Å². The number of aromatic nitrogens is 3. The highest BCUT2D eigenvalue weighted by Crippen LogP contribution is 2.21. The lowest BCUT2D eigenvalue weighted by Gasteiger charge is -2.32. The standard InChI is InChI=1S/C18H24N6O2.ClH/c1-13-9-14(4-5-16(13)24-12-20-11-22-24)18(26)23-8-2-3-15(10-23)17(25)21-7-6-19;/h4-5,9,11-12,15H,2-3,6-8,10,19H2,1H3,(H,21,25);1H. The molecule has 1 aromatic carbocycles. The number of nitrogens with zero attached hydrogens (tertiary/aromatic N) is 4. The first kappa shape index (κ1) is 20.9. The van der Waals surface area contributed by atoms with Crippen LogP contribution in [0.5, 0.6) is 0 Å². The van der Waals surface area contributed by atoms with E-state index in [4.69, 9.17) is 5.73 Å². The molecule has 0 radical (unpaired) electrons. The van der Waals surface area contributed by atoms with Crippen molar-refractivity contribution in [1.82, 2.24) is 25.0 Å². The van der Waals surface area contributed by atoms with Crippen LogP contribution in [0.1, 0.15) is 28.8 Å². The van der Waals surface area contributed by atoms with Crippen LogP contribution >= 0.6 is 12.4 Å². The van der Waals surface area contributed by atoms with E-state index >= 15 is 0 Å². The van der Waals surface area contributed by atoms with E-state index < -0.39 is 0 Å². The molecule has 27 heavy (non-hydrogen) atoms. The fourth-order valence-corrected chi connectivity index (χ4v) is 3.28. The van der Waals surface area contributed by atoms with E-state index in [0.29, 0.717) is 31.7 Å². The molecule has 1 atom stereocenters. The van der Waals surface area contributed by atoms with Crippen molar-refractivity contribution < 1.29 is 9.59 Å². The first-order valence-corrected chi connectivity index (χ1v) is 8.83. The lowest BCUT2D eigenvalue weighted by atomic mass is 9.96. The van der Waals surface area contributed by atoms with E-state index in [1.54, 1.807) is 22.0 Å². The molecule has 2 heterocycles. The van der Waals surface area contributed by atoms with E-state index in [1.807, 2.05) is 19.1 Å². The van der Waals surface area contributed by atoms with Gasteiger partial charge in [-0.2, -0.15) is 5.10 Å². The Kier molecular flexibility index (Phi) is 7.32. The SMILES string of the molecule is Cc1cc(C(=O)N2CCCC(C(=O)NCCN)C2)ccc1-n1cncn1.Cl. The highest BCUT2D eigenvalue weighted by atomic mass is 35.5. The molecule has 1 aliphatic heterocycles. The fraction of sp³-hybridized carbons (Fsp3) is 0.444. The van der Waals surface area contributed by atoms with Gasteiger partial charge in [0.1, 0.15) is 12.7 Å². The van der Waals surface area contributed by atoms with Crippen LogP contribution in [-0.4, -0.2) is 57.7 Å². The molecule has 146 valence electrons. The molecule has 1 unspecified atom stereocenters. The number of hydrogen-bond acceptors (Lipinski definition) is 5. The lowest BCUT2D eigenvalue weighted by Crippen LogP contribution is -2.46. The number of amides is 2. The second kappa shape index (κ2) is 9.48. The first-order valence-electron chi connectivity index (χ1n) is 8.83. The minimum absolute atomic E-state index is 0. The van der Waals surface area contributed by atoms with Gasteiger partial charge < -0.3 is 16.0 Å². The average molecular weight is 393 g/mol. The van der Waals surface area contributed by atoms with Gasteiger partial charge in [0.05, 0.1) is 11.6 Å². The minimum atomic E-state index is -0.172. The normalized spacial score (nSPS) is 16.5. The summed E-state index contributed by atoms with van der Waals surface area (Å²) in [5, 5.41) is 6.94. The molecule has 1 saturated heterocycles. The Hall–Kier alpha value is -2.45. The van der Waals surface area contributed by atoms with Crippen LogP contribution in [0.25, 0.3) is 5.69 Å². The van der Waals surface area contributed by atoms with Gasteiger partial charge in [-0.25, -0.2) is 9.67 Å². The molecule has 0 aliphatic carbocycles. The molecule has 1 fully saturated rings. The Labute approximate surface area is 164 Å². The maximum atomic E-state index is 12.9. The van der Waals surface area contributed by atoms with Crippen molar-refractivity contribution in [3.8, 4) is 5.69 Å². The summed E-state index contributed by atoms with van der Waals surface area (Å²) < 4.78 is 1.67. The molecule has 1 aromatic heterocycles. The number of hydrogen-bond donors (Lipinski definition) is 2. The first-order chi connectivity index (χ1) is 12.6. The number of carbonyl (C=O) groups is 2. The number of benzene rings is 1. The van der Waals surface area contributed by atoms with Gasteiger partial charge >= 0.3 is 0 Å². The zero-order chi connectivity index (χ0) is 18.5. The van der Waals surface area contributed by atoms with Crippen molar-refractivity contribution >= 4 is 24.2 Å². The number of nitrogens with one attached hydrogen (secondary N) is 1. The van der Waals surface area contributed by atoms with Crippen molar-refractivity contribution in [3.63, 3.8) is 0 Å². The number of carbonyl (C=O) groups excluding carboxylic acids is 2. The van der Waals surface area contributed by atoms with Crippen LogP contribution in [0.2, 0.25) is 0 Å². The molecule has 2 aromatic rings. The lowest BCUT2D eigenvalue weighted by molar-refractivity contribution is -0.126. The molecule has 8 nitrogen and oxygen atoms in total. The van der Waals surface area contributed by atoms with Crippen molar-refractivity contribution in [1.29, 1.82) is 0 Å². The summed E-state index contributed by atoms with van der Waals surface area (Å²) in [6, 6.07) is 5.52. The molecular formula is C18H25ClN6O2. The van der Waals surface area contributed by atoms with Gasteiger partial charge in [-0.3, -0.25) is 9.59 Å². The Balaban J connectivity index is 0.00000261. The number of aryl methyl sites for hydroxylation is 1. The number of likely N-dealkylation sites (tertiary alicyclic amines) is 1. The Bertz CT molecular complexity index is 780. The maximum absolute atomic E-state index is 12.9. The molecular weight excluding hydrogens is 368 g/mol. The number of rotatable bonds is 5. The predicted octanol–water partition coefficient (Wildman–Crippen LogP) is 0.925. The van der Waals surface area contributed by atoms with E-state index in [2.05, 4.69) is 15.4 Å². The zero-order valence-electron chi connectivity index (χ0n) is 15.3.